The van der Waals surface area contributed by atoms with Crippen molar-refractivity contribution in [1.82, 2.24) is 5.32 Å². The summed E-state index contributed by atoms with van der Waals surface area (Å²) in [6.07, 6.45) is 14.7. The summed E-state index contributed by atoms with van der Waals surface area (Å²) in [7, 11) is 1.64. The largest absolute Gasteiger partial charge is 0.496 e. The first-order valence-electron chi connectivity index (χ1n) is 12.8. The Morgan fingerprint density at radius 1 is 1.18 bits per heavy atom. The van der Waals surface area contributed by atoms with Crippen molar-refractivity contribution in [2.24, 2.45) is 11.8 Å². The molecule has 1 saturated carbocycles. The lowest BCUT2D eigenvalue weighted by Crippen LogP contribution is -2.22. The number of para-hydroxylation sites is 1. The van der Waals surface area contributed by atoms with Crippen LogP contribution in [-0.4, -0.2) is 30.0 Å². The number of Topliss-reactive ketones (excluding diaryl/α,β-unsaturated/α-hetero) is 1. The van der Waals surface area contributed by atoms with Crippen molar-refractivity contribution in [2.45, 2.75) is 96.6 Å². The van der Waals surface area contributed by atoms with Crippen LogP contribution in [-0.2, 0) is 16.1 Å². The predicted molar refractivity (Wildman–Crippen MR) is 133 cm³/mol. The van der Waals surface area contributed by atoms with Gasteiger partial charge in [-0.1, -0.05) is 75.8 Å². The van der Waals surface area contributed by atoms with Gasteiger partial charge in [-0.15, -0.1) is 0 Å². The Kier molecular flexibility index (Phi) is 12.9. The summed E-state index contributed by atoms with van der Waals surface area (Å²) in [6, 6.07) is 7.71. The van der Waals surface area contributed by atoms with Crippen molar-refractivity contribution in [3.05, 3.63) is 42.0 Å². The van der Waals surface area contributed by atoms with E-state index in [1.165, 1.54) is 0 Å². The number of unbranched alkanes of at least 4 members (excludes halogenated alkanes) is 5. The maximum absolute atomic E-state index is 12.3. The molecule has 0 spiro atoms. The van der Waals surface area contributed by atoms with Crippen LogP contribution in [0.3, 0.4) is 0 Å². The monoisotopic (exact) mass is 457 g/mol. The Morgan fingerprint density at radius 3 is 2.76 bits per heavy atom. The number of carbonyl (C=O) groups excluding carboxylic acids is 2. The van der Waals surface area contributed by atoms with E-state index in [0.29, 0.717) is 25.2 Å². The number of methoxy groups -OCH3 is 1. The Morgan fingerprint density at radius 2 is 1.97 bits per heavy atom. The second-order valence-electron chi connectivity index (χ2n) is 9.26. The standard InChI is InChI=1S/C28H43NO4/c1-3-4-7-13-24(30)19-17-22-18-20-26(31)25(22)14-8-5-6-9-16-28(32)29-21-23-12-10-11-15-27(23)33-2/h10-12,15,17,19,22,24-25,30H,3-9,13-14,16,18,20-21H2,1-2H3,(H,29,32)/b19-17+/t22-,24-,25+/m0/s1. The van der Waals surface area contributed by atoms with Crippen LogP contribution in [0, 0.1) is 11.8 Å². The smallest absolute Gasteiger partial charge is 0.220 e. The lowest BCUT2D eigenvalue weighted by atomic mass is 9.89. The molecule has 0 aromatic heterocycles. The molecule has 3 atom stereocenters. The molecule has 2 rings (SSSR count). The zero-order chi connectivity index (χ0) is 23.9. The number of carbonyl (C=O) groups is 2. The Labute approximate surface area is 200 Å². The van der Waals surface area contributed by atoms with E-state index >= 15 is 0 Å². The van der Waals surface area contributed by atoms with Gasteiger partial charge in [0.05, 0.1) is 13.2 Å². The molecule has 0 saturated heterocycles. The van der Waals surface area contributed by atoms with Gasteiger partial charge in [0.1, 0.15) is 11.5 Å². The number of benzene rings is 1. The number of aliphatic hydroxyl groups excluding tert-OH is 1. The first-order valence-corrected chi connectivity index (χ1v) is 12.8. The fourth-order valence-corrected chi connectivity index (χ4v) is 4.64. The highest BCUT2D eigenvalue weighted by atomic mass is 16.5. The fourth-order valence-electron chi connectivity index (χ4n) is 4.64. The minimum Gasteiger partial charge on any atom is -0.496 e. The van der Waals surface area contributed by atoms with Crippen molar-refractivity contribution >= 4 is 11.7 Å². The third kappa shape index (κ3) is 10.1. The van der Waals surface area contributed by atoms with Crippen LogP contribution in [0.15, 0.2) is 36.4 Å². The first kappa shape index (κ1) is 27.1. The highest BCUT2D eigenvalue weighted by Crippen LogP contribution is 2.34. The Hall–Kier alpha value is -2.14. The van der Waals surface area contributed by atoms with Gasteiger partial charge in [-0.3, -0.25) is 9.59 Å². The predicted octanol–water partition coefficient (Wildman–Crippen LogP) is 5.74. The molecule has 1 aliphatic carbocycles. The van der Waals surface area contributed by atoms with E-state index in [9.17, 15) is 14.7 Å². The zero-order valence-corrected chi connectivity index (χ0v) is 20.6. The fraction of sp³-hybridized carbons (Fsp3) is 0.643. The Bertz CT molecular complexity index is 745. The molecule has 2 N–H and O–H groups in total. The van der Waals surface area contributed by atoms with E-state index in [1.54, 1.807) is 7.11 Å². The molecule has 0 bridgehead atoms. The highest BCUT2D eigenvalue weighted by Gasteiger charge is 2.32. The van der Waals surface area contributed by atoms with Gasteiger partial charge in [0.2, 0.25) is 5.91 Å². The van der Waals surface area contributed by atoms with Crippen molar-refractivity contribution in [3.8, 4) is 5.75 Å². The molecule has 184 valence electrons. The molecule has 1 aliphatic rings. The van der Waals surface area contributed by atoms with E-state index in [-0.39, 0.29) is 23.8 Å². The van der Waals surface area contributed by atoms with Crippen molar-refractivity contribution in [2.75, 3.05) is 7.11 Å². The number of rotatable bonds is 16. The first-order chi connectivity index (χ1) is 16.0. The maximum Gasteiger partial charge on any atom is 0.220 e. The zero-order valence-electron chi connectivity index (χ0n) is 20.6. The molecular formula is C28H43NO4. The number of hydrogen-bond acceptors (Lipinski definition) is 4. The van der Waals surface area contributed by atoms with Crippen molar-refractivity contribution < 1.29 is 19.4 Å². The summed E-state index contributed by atoms with van der Waals surface area (Å²) in [6.45, 7) is 2.64. The van der Waals surface area contributed by atoms with Gasteiger partial charge < -0.3 is 15.2 Å². The average Bonchev–Trinajstić information content (AvgIpc) is 3.18. The minimum absolute atomic E-state index is 0.0644. The molecule has 5 nitrogen and oxygen atoms in total. The average molecular weight is 458 g/mol. The quantitative estimate of drug-likeness (QED) is 0.245. The molecule has 1 aromatic rings. The van der Waals surface area contributed by atoms with E-state index in [1.807, 2.05) is 30.3 Å². The van der Waals surface area contributed by atoms with Gasteiger partial charge >= 0.3 is 0 Å². The molecule has 1 amide bonds. The Balaban J connectivity index is 1.60. The van der Waals surface area contributed by atoms with E-state index in [4.69, 9.17) is 4.74 Å². The van der Waals surface area contributed by atoms with Crippen molar-refractivity contribution in [1.29, 1.82) is 0 Å². The lowest BCUT2D eigenvalue weighted by Gasteiger charge is -2.15. The number of hydrogen-bond donors (Lipinski definition) is 2. The lowest BCUT2D eigenvalue weighted by molar-refractivity contribution is -0.122. The maximum atomic E-state index is 12.3. The van der Waals surface area contributed by atoms with Gasteiger partial charge in [0, 0.05) is 30.9 Å². The number of allylic oxidation sites excluding steroid dienone is 1. The van der Waals surface area contributed by atoms with Crippen LogP contribution in [0.1, 0.15) is 89.5 Å². The van der Waals surface area contributed by atoms with E-state index in [0.717, 1.165) is 75.5 Å². The summed E-state index contributed by atoms with van der Waals surface area (Å²) in [5, 5.41) is 13.1. The molecule has 1 fully saturated rings. The van der Waals surface area contributed by atoms with Crippen LogP contribution < -0.4 is 10.1 Å². The molecule has 0 radical (unpaired) electrons. The second kappa shape index (κ2) is 15.7. The van der Waals surface area contributed by atoms with E-state index in [2.05, 4.69) is 18.3 Å². The summed E-state index contributed by atoms with van der Waals surface area (Å²) in [4.78, 5) is 24.5. The van der Waals surface area contributed by atoms with Gasteiger partial charge in [0.15, 0.2) is 0 Å². The summed E-state index contributed by atoms with van der Waals surface area (Å²) in [5.74, 6) is 1.61. The number of nitrogens with one attached hydrogen (secondary N) is 1. The number of aliphatic hydroxyl groups is 1. The molecule has 0 heterocycles. The molecule has 33 heavy (non-hydrogen) atoms. The van der Waals surface area contributed by atoms with Gasteiger partial charge in [-0.05, 0) is 37.7 Å². The van der Waals surface area contributed by atoms with Gasteiger partial charge in [-0.25, -0.2) is 0 Å². The summed E-state index contributed by atoms with van der Waals surface area (Å²) >= 11 is 0. The third-order valence-electron chi connectivity index (χ3n) is 6.68. The molecule has 0 aliphatic heterocycles. The van der Waals surface area contributed by atoms with Gasteiger partial charge in [-0.2, -0.15) is 0 Å². The number of ether oxygens (including phenoxy) is 1. The summed E-state index contributed by atoms with van der Waals surface area (Å²) in [5.41, 5.74) is 0.978. The highest BCUT2D eigenvalue weighted by molar-refractivity contribution is 5.83. The second-order valence-corrected chi connectivity index (χ2v) is 9.26. The summed E-state index contributed by atoms with van der Waals surface area (Å²) < 4.78 is 5.31. The van der Waals surface area contributed by atoms with Crippen molar-refractivity contribution in [3.63, 3.8) is 0 Å². The van der Waals surface area contributed by atoms with Crippen LogP contribution in [0.4, 0.5) is 0 Å². The van der Waals surface area contributed by atoms with Crippen LogP contribution in [0.25, 0.3) is 0 Å². The van der Waals surface area contributed by atoms with E-state index < -0.39 is 0 Å². The molecule has 5 heteroatoms. The number of amides is 1. The number of ketones is 1. The normalized spacial score (nSPS) is 19.2. The molecule has 0 unspecified atom stereocenters. The minimum atomic E-state index is -0.387. The molecular weight excluding hydrogens is 414 g/mol. The van der Waals surface area contributed by atoms with Crippen LogP contribution in [0.5, 0.6) is 5.75 Å². The van der Waals surface area contributed by atoms with Crippen LogP contribution in [0.2, 0.25) is 0 Å². The van der Waals surface area contributed by atoms with Crippen LogP contribution >= 0.6 is 0 Å². The topological polar surface area (TPSA) is 75.6 Å². The molecule has 1 aromatic carbocycles. The third-order valence-corrected chi connectivity index (χ3v) is 6.68. The van der Waals surface area contributed by atoms with Gasteiger partial charge in [0.25, 0.3) is 0 Å². The SMILES string of the molecule is CCCCC[C@H](O)/C=C/[C@H]1CCC(=O)[C@@H]1CCCCCCC(=O)NCc1ccccc1OC.